The highest BCUT2D eigenvalue weighted by Crippen LogP contribution is 2.26. The number of primary amides is 1. The van der Waals surface area contributed by atoms with Crippen LogP contribution in [-0.2, 0) is 11.2 Å². The van der Waals surface area contributed by atoms with Crippen LogP contribution in [0.25, 0.3) is 0 Å². The standard InChI is InChI=1S/C13H16ClFN2O/c14-11-4-1-5-12(15)10(11)7-9-3-2-6-17(9)8-13(16)18/h1,4-5,9H,2-3,6-8H2,(H2,16,18)/t9-/m1/s1. The summed E-state index contributed by atoms with van der Waals surface area (Å²) in [7, 11) is 0. The van der Waals surface area contributed by atoms with Crippen LogP contribution < -0.4 is 5.73 Å². The van der Waals surface area contributed by atoms with Gasteiger partial charge in [0.2, 0.25) is 5.91 Å². The van der Waals surface area contributed by atoms with E-state index in [0.29, 0.717) is 17.0 Å². The normalized spacial score (nSPS) is 20.2. The van der Waals surface area contributed by atoms with Gasteiger partial charge in [-0.15, -0.1) is 0 Å². The summed E-state index contributed by atoms with van der Waals surface area (Å²) >= 11 is 6.01. The van der Waals surface area contributed by atoms with Gasteiger partial charge in [-0.05, 0) is 37.9 Å². The number of halogens is 2. The lowest BCUT2D eigenvalue weighted by Gasteiger charge is -2.23. The number of hydrogen-bond donors (Lipinski definition) is 1. The summed E-state index contributed by atoms with van der Waals surface area (Å²) in [6.07, 6.45) is 2.47. The fourth-order valence-corrected chi connectivity index (χ4v) is 2.74. The maximum atomic E-state index is 13.7. The second kappa shape index (κ2) is 5.67. The summed E-state index contributed by atoms with van der Waals surface area (Å²) in [5.74, 6) is -0.630. The first-order valence-electron chi connectivity index (χ1n) is 6.03. The van der Waals surface area contributed by atoms with Crippen molar-refractivity contribution < 1.29 is 9.18 Å². The number of carbonyl (C=O) groups is 1. The van der Waals surface area contributed by atoms with E-state index in [9.17, 15) is 9.18 Å². The molecule has 1 fully saturated rings. The summed E-state index contributed by atoms with van der Waals surface area (Å²) < 4.78 is 13.7. The molecule has 1 aromatic rings. The van der Waals surface area contributed by atoms with Crippen molar-refractivity contribution in [2.45, 2.75) is 25.3 Å². The largest absolute Gasteiger partial charge is 0.369 e. The molecular weight excluding hydrogens is 255 g/mol. The molecule has 1 aliphatic heterocycles. The highest BCUT2D eigenvalue weighted by atomic mass is 35.5. The zero-order valence-corrected chi connectivity index (χ0v) is 10.8. The number of nitrogens with zero attached hydrogens (tertiary/aromatic N) is 1. The van der Waals surface area contributed by atoms with Gasteiger partial charge >= 0.3 is 0 Å². The van der Waals surface area contributed by atoms with E-state index in [1.165, 1.54) is 6.07 Å². The van der Waals surface area contributed by atoms with Gasteiger partial charge in [-0.1, -0.05) is 17.7 Å². The van der Waals surface area contributed by atoms with Crippen molar-refractivity contribution in [3.05, 3.63) is 34.6 Å². The third kappa shape index (κ3) is 3.00. The van der Waals surface area contributed by atoms with Crippen LogP contribution in [0.5, 0.6) is 0 Å². The molecule has 0 spiro atoms. The Kier molecular flexibility index (Phi) is 4.19. The zero-order chi connectivity index (χ0) is 13.1. The minimum absolute atomic E-state index is 0.145. The Hall–Kier alpha value is -1.13. The predicted molar refractivity (Wildman–Crippen MR) is 68.9 cm³/mol. The summed E-state index contributed by atoms with van der Waals surface area (Å²) in [5, 5.41) is 0.445. The lowest BCUT2D eigenvalue weighted by atomic mass is 10.0. The molecule has 0 bridgehead atoms. The third-order valence-corrected chi connectivity index (χ3v) is 3.71. The van der Waals surface area contributed by atoms with Gasteiger partial charge in [0.05, 0.1) is 6.54 Å². The van der Waals surface area contributed by atoms with Crippen LogP contribution in [0.3, 0.4) is 0 Å². The number of rotatable bonds is 4. The Morgan fingerprint density at radius 1 is 1.56 bits per heavy atom. The lowest BCUT2D eigenvalue weighted by Crippen LogP contribution is -2.38. The van der Waals surface area contributed by atoms with E-state index in [0.717, 1.165) is 19.4 Å². The summed E-state index contributed by atoms with van der Waals surface area (Å²) in [6.45, 7) is 1.07. The molecular formula is C13H16ClFN2O. The number of amides is 1. The maximum Gasteiger partial charge on any atom is 0.231 e. The fourth-order valence-electron chi connectivity index (χ4n) is 2.50. The van der Waals surface area contributed by atoms with E-state index in [1.54, 1.807) is 12.1 Å². The topological polar surface area (TPSA) is 46.3 Å². The molecule has 5 heteroatoms. The van der Waals surface area contributed by atoms with E-state index in [2.05, 4.69) is 0 Å². The highest BCUT2D eigenvalue weighted by molar-refractivity contribution is 6.31. The molecule has 0 aromatic heterocycles. The Morgan fingerprint density at radius 3 is 3.00 bits per heavy atom. The Balaban J connectivity index is 2.10. The van der Waals surface area contributed by atoms with Crippen LogP contribution in [0.4, 0.5) is 4.39 Å². The molecule has 3 nitrogen and oxygen atoms in total. The number of nitrogens with two attached hydrogens (primary N) is 1. The number of carbonyl (C=O) groups excluding carboxylic acids is 1. The van der Waals surface area contributed by atoms with Gasteiger partial charge < -0.3 is 5.73 Å². The molecule has 1 aromatic carbocycles. The van der Waals surface area contributed by atoms with Crippen molar-refractivity contribution >= 4 is 17.5 Å². The van der Waals surface area contributed by atoms with Crippen LogP contribution in [-0.4, -0.2) is 29.9 Å². The first kappa shape index (κ1) is 13.3. The van der Waals surface area contributed by atoms with E-state index >= 15 is 0 Å². The number of likely N-dealkylation sites (tertiary alicyclic amines) is 1. The average molecular weight is 271 g/mol. The zero-order valence-electron chi connectivity index (χ0n) is 10.0. The van der Waals surface area contributed by atoms with Gasteiger partial charge in [-0.25, -0.2) is 4.39 Å². The lowest BCUT2D eigenvalue weighted by molar-refractivity contribution is -0.119. The minimum Gasteiger partial charge on any atom is -0.369 e. The van der Waals surface area contributed by atoms with Gasteiger partial charge in [0.15, 0.2) is 0 Å². The van der Waals surface area contributed by atoms with Crippen molar-refractivity contribution in [2.24, 2.45) is 5.73 Å². The summed E-state index contributed by atoms with van der Waals surface area (Å²) in [6, 6.07) is 4.84. The van der Waals surface area contributed by atoms with Crippen LogP contribution in [0.1, 0.15) is 18.4 Å². The molecule has 98 valence electrons. The Labute approximate surface area is 111 Å². The van der Waals surface area contributed by atoms with Crippen molar-refractivity contribution in [3.63, 3.8) is 0 Å². The molecule has 18 heavy (non-hydrogen) atoms. The molecule has 0 radical (unpaired) electrons. The molecule has 1 saturated heterocycles. The summed E-state index contributed by atoms with van der Waals surface area (Å²) in [4.78, 5) is 13.0. The fraction of sp³-hybridized carbons (Fsp3) is 0.462. The van der Waals surface area contributed by atoms with Crippen LogP contribution in [0.2, 0.25) is 5.02 Å². The molecule has 0 unspecified atom stereocenters. The third-order valence-electron chi connectivity index (χ3n) is 3.36. The van der Waals surface area contributed by atoms with Crippen LogP contribution >= 0.6 is 11.6 Å². The van der Waals surface area contributed by atoms with Gasteiger partial charge in [-0.3, -0.25) is 9.69 Å². The molecule has 1 heterocycles. The highest BCUT2D eigenvalue weighted by Gasteiger charge is 2.27. The number of benzene rings is 1. The summed E-state index contributed by atoms with van der Waals surface area (Å²) in [5.41, 5.74) is 5.74. The smallest absolute Gasteiger partial charge is 0.231 e. The van der Waals surface area contributed by atoms with Gasteiger partial charge in [0.25, 0.3) is 0 Å². The second-order valence-electron chi connectivity index (χ2n) is 4.64. The van der Waals surface area contributed by atoms with Gasteiger partial charge in [-0.2, -0.15) is 0 Å². The maximum absolute atomic E-state index is 13.7. The first-order chi connectivity index (χ1) is 8.58. The van der Waals surface area contributed by atoms with Crippen molar-refractivity contribution in [3.8, 4) is 0 Å². The van der Waals surface area contributed by atoms with Gasteiger partial charge in [0, 0.05) is 16.6 Å². The SMILES string of the molecule is NC(=O)CN1CCC[C@@H]1Cc1c(F)cccc1Cl. The first-order valence-corrected chi connectivity index (χ1v) is 6.41. The van der Waals surface area contributed by atoms with E-state index in [-0.39, 0.29) is 24.3 Å². The molecule has 1 atom stereocenters. The average Bonchev–Trinajstić information content (AvgIpc) is 2.70. The van der Waals surface area contributed by atoms with Crippen molar-refractivity contribution in [1.29, 1.82) is 0 Å². The van der Waals surface area contributed by atoms with Crippen LogP contribution in [0, 0.1) is 5.82 Å². The second-order valence-corrected chi connectivity index (χ2v) is 5.04. The van der Waals surface area contributed by atoms with Crippen molar-refractivity contribution in [2.75, 3.05) is 13.1 Å². The van der Waals surface area contributed by atoms with E-state index in [1.807, 2.05) is 4.90 Å². The van der Waals surface area contributed by atoms with E-state index < -0.39 is 0 Å². The Bertz CT molecular complexity index is 432. The molecule has 2 rings (SSSR count). The van der Waals surface area contributed by atoms with Gasteiger partial charge in [0.1, 0.15) is 5.82 Å². The minimum atomic E-state index is -0.346. The van der Waals surface area contributed by atoms with Crippen LogP contribution in [0.15, 0.2) is 18.2 Å². The number of hydrogen-bond acceptors (Lipinski definition) is 2. The molecule has 1 amide bonds. The van der Waals surface area contributed by atoms with E-state index in [4.69, 9.17) is 17.3 Å². The quantitative estimate of drug-likeness (QED) is 0.909. The molecule has 0 saturated carbocycles. The Morgan fingerprint density at radius 2 is 2.33 bits per heavy atom. The molecule has 2 N–H and O–H groups in total. The monoisotopic (exact) mass is 270 g/mol. The predicted octanol–water partition coefficient (Wildman–Crippen LogP) is 1.97. The molecule has 1 aliphatic rings. The molecule has 0 aliphatic carbocycles. The van der Waals surface area contributed by atoms with Crippen molar-refractivity contribution in [1.82, 2.24) is 4.90 Å².